The van der Waals surface area contributed by atoms with Gasteiger partial charge in [0.05, 0.1) is 5.41 Å². The highest BCUT2D eigenvalue weighted by atomic mass is 16.4. The van der Waals surface area contributed by atoms with Crippen molar-refractivity contribution in [3.63, 3.8) is 0 Å². The minimum absolute atomic E-state index is 0.463. The van der Waals surface area contributed by atoms with Gasteiger partial charge in [-0.1, -0.05) is 46.0 Å². The lowest BCUT2D eigenvalue weighted by molar-refractivity contribution is -0.153. The van der Waals surface area contributed by atoms with Crippen LogP contribution in [-0.2, 0) is 4.79 Å². The van der Waals surface area contributed by atoms with Crippen LogP contribution in [0.3, 0.4) is 0 Å². The molecule has 0 aromatic heterocycles. The first-order chi connectivity index (χ1) is 9.53. The number of carboxylic acids is 1. The first-order valence-corrected chi connectivity index (χ1v) is 8.51. The predicted molar refractivity (Wildman–Crippen MR) is 81.8 cm³/mol. The smallest absolute Gasteiger partial charge is 0.310 e. The fourth-order valence-electron chi connectivity index (χ4n) is 4.14. The van der Waals surface area contributed by atoms with E-state index >= 15 is 0 Å². The van der Waals surface area contributed by atoms with E-state index in [-0.39, 0.29) is 0 Å². The lowest BCUT2D eigenvalue weighted by Gasteiger charge is -2.41. The minimum atomic E-state index is -0.552. The zero-order valence-corrected chi connectivity index (χ0v) is 13.2. The Morgan fingerprint density at radius 3 is 2.25 bits per heavy atom. The van der Waals surface area contributed by atoms with Crippen LogP contribution in [0.25, 0.3) is 0 Å². The molecular formula is C17H31NO2. The summed E-state index contributed by atoms with van der Waals surface area (Å²) in [5.41, 5.74) is -0.463. The Morgan fingerprint density at radius 2 is 1.75 bits per heavy atom. The normalized spacial score (nSPS) is 23.6. The van der Waals surface area contributed by atoms with Gasteiger partial charge in [-0.25, -0.2) is 0 Å². The molecule has 0 spiro atoms. The summed E-state index contributed by atoms with van der Waals surface area (Å²) in [5, 5.41) is 9.79. The molecule has 0 bridgehead atoms. The van der Waals surface area contributed by atoms with Crippen LogP contribution in [0.1, 0.15) is 71.6 Å². The molecule has 3 heteroatoms. The van der Waals surface area contributed by atoms with Gasteiger partial charge in [0, 0.05) is 19.1 Å². The van der Waals surface area contributed by atoms with E-state index in [4.69, 9.17) is 0 Å². The van der Waals surface area contributed by atoms with E-state index in [1.54, 1.807) is 0 Å². The Hall–Kier alpha value is -0.570. The van der Waals surface area contributed by atoms with E-state index in [2.05, 4.69) is 18.7 Å². The molecule has 0 aromatic rings. The van der Waals surface area contributed by atoms with Crippen molar-refractivity contribution in [3.05, 3.63) is 0 Å². The number of carboxylic acid groups (broad SMARTS) is 1. The Bertz CT molecular complexity index is 315. The zero-order valence-electron chi connectivity index (χ0n) is 13.2. The summed E-state index contributed by atoms with van der Waals surface area (Å²) < 4.78 is 0. The standard InChI is InChI=1S/C17H31NO2/c1-14(2)12-18(15-8-4-5-9-15)13-17(16(19)20)10-6-3-7-11-17/h14-15H,3-13H2,1-2H3,(H,19,20). The summed E-state index contributed by atoms with van der Waals surface area (Å²) in [7, 11) is 0. The van der Waals surface area contributed by atoms with Crippen molar-refractivity contribution < 1.29 is 9.90 Å². The largest absolute Gasteiger partial charge is 0.481 e. The van der Waals surface area contributed by atoms with Crippen molar-refractivity contribution in [2.75, 3.05) is 13.1 Å². The summed E-state index contributed by atoms with van der Waals surface area (Å²) in [6.07, 6.45) is 10.3. The summed E-state index contributed by atoms with van der Waals surface area (Å²) in [6, 6.07) is 0.635. The van der Waals surface area contributed by atoms with Crippen molar-refractivity contribution >= 4 is 5.97 Å². The van der Waals surface area contributed by atoms with Gasteiger partial charge in [0.15, 0.2) is 0 Å². The predicted octanol–water partition coefficient (Wildman–Crippen LogP) is 3.92. The van der Waals surface area contributed by atoms with Crippen LogP contribution in [0.4, 0.5) is 0 Å². The number of carbonyl (C=O) groups is 1. The first-order valence-electron chi connectivity index (χ1n) is 8.51. The molecule has 0 amide bonds. The molecule has 0 heterocycles. The third kappa shape index (κ3) is 3.75. The molecule has 0 saturated heterocycles. The SMILES string of the molecule is CC(C)CN(CC1(C(=O)O)CCCCC1)C1CCCC1. The van der Waals surface area contributed by atoms with Crippen molar-refractivity contribution in [2.45, 2.75) is 77.7 Å². The van der Waals surface area contributed by atoms with E-state index in [1.165, 1.54) is 32.1 Å². The molecule has 0 radical (unpaired) electrons. The summed E-state index contributed by atoms with van der Waals surface area (Å²) in [6.45, 7) is 6.33. The molecule has 2 aliphatic carbocycles. The number of hydrogen-bond donors (Lipinski definition) is 1. The Kier molecular flexibility index (Phi) is 5.48. The van der Waals surface area contributed by atoms with E-state index in [9.17, 15) is 9.90 Å². The highest BCUT2D eigenvalue weighted by Gasteiger charge is 2.42. The number of aliphatic carboxylic acids is 1. The van der Waals surface area contributed by atoms with E-state index in [0.29, 0.717) is 12.0 Å². The van der Waals surface area contributed by atoms with E-state index in [0.717, 1.165) is 38.8 Å². The van der Waals surface area contributed by atoms with Crippen molar-refractivity contribution in [1.29, 1.82) is 0 Å². The van der Waals surface area contributed by atoms with Gasteiger partial charge in [0.1, 0.15) is 0 Å². The van der Waals surface area contributed by atoms with Crippen molar-refractivity contribution in [1.82, 2.24) is 4.90 Å². The Balaban J connectivity index is 2.08. The van der Waals surface area contributed by atoms with Gasteiger partial charge in [-0.05, 0) is 31.6 Å². The number of rotatable bonds is 6. The van der Waals surface area contributed by atoms with Crippen LogP contribution in [0, 0.1) is 11.3 Å². The van der Waals surface area contributed by atoms with Crippen LogP contribution < -0.4 is 0 Å². The van der Waals surface area contributed by atoms with Crippen LogP contribution in [0.5, 0.6) is 0 Å². The second kappa shape index (κ2) is 6.93. The monoisotopic (exact) mass is 281 g/mol. The van der Waals surface area contributed by atoms with Crippen molar-refractivity contribution in [3.8, 4) is 0 Å². The maximum absolute atomic E-state index is 11.9. The van der Waals surface area contributed by atoms with Gasteiger partial charge in [-0.15, -0.1) is 0 Å². The first kappa shape index (κ1) is 15.8. The molecule has 2 saturated carbocycles. The molecule has 116 valence electrons. The third-order valence-corrected chi connectivity index (χ3v) is 5.21. The fourth-order valence-corrected chi connectivity index (χ4v) is 4.14. The summed E-state index contributed by atoms with van der Waals surface area (Å²) in [4.78, 5) is 14.4. The molecule has 2 aliphatic rings. The third-order valence-electron chi connectivity index (χ3n) is 5.21. The molecule has 2 rings (SSSR count). The Morgan fingerprint density at radius 1 is 1.15 bits per heavy atom. The number of hydrogen-bond acceptors (Lipinski definition) is 2. The van der Waals surface area contributed by atoms with Crippen LogP contribution in [-0.4, -0.2) is 35.1 Å². The van der Waals surface area contributed by atoms with Crippen LogP contribution in [0.2, 0.25) is 0 Å². The van der Waals surface area contributed by atoms with Crippen molar-refractivity contribution in [2.24, 2.45) is 11.3 Å². The summed E-state index contributed by atoms with van der Waals surface area (Å²) >= 11 is 0. The minimum Gasteiger partial charge on any atom is -0.481 e. The molecule has 0 unspecified atom stereocenters. The summed E-state index contributed by atoms with van der Waals surface area (Å²) in [5.74, 6) is 0.0639. The van der Waals surface area contributed by atoms with Crippen LogP contribution >= 0.6 is 0 Å². The van der Waals surface area contributed by atoms with Gasteiger partial charge in [0.2, 0.25) is 0 Å². The zero-order chi connectivity index (χ0) is 14.6. The second-order valence-electron chi connectivity index (χ2n) is 7.41. The maximum atomic E-state index is 11.9. The maximum Gasteiger partial charge on any atom is 0.310 e. The van der Waals surface area contributed by atoms with Crippen LogP contribution in [0.15, 0.2) is 0 Å². The average molecular weight is 281 g/mol. The molecule has 1 N–H and O–H groups in total. The lowest BCUT2D eigenvalue weighted by atomic mass is 9.73. The topological polar surface area (TPSA) is 40.5 Å². The second-order valence-corrected chi connectivity index (χ2v) is 7.41. The van der Waals surface area contributed by atoms with Gasteiger partial charge in [0.25, 0.3) is 0 Å². The van der Waals surface area contributed by atoms with Gasteiger partial charge in [-0.3, -0.25) is 9.69 Å². The van der Waals surface area contributed by atoms with E-state index in [1.807, 2.05) is 0 Å². The molecule has 0 aliphatic heterocycles. The quantitative estimate of drug-likeness (QED) is 0.802. The fraction of sp³-hybridized carbons (Fsp3) is 0.941. The van der Waals surface area contributed by atoms with Gasteiger partial charge >= 0.3 is 5.97 Å². The Labute approximate surface area is 123 Å². The highest BCUT2D eigenvalue weighted by Crippen LogP contribution is 2.39. The molecular weight excluding hydrogens is 250 g/mol. The molecule has 0 aromatic carbocycles. The molecule has 20 heavy (non-hydrogen) atoms. The van der Waals surface area contributed by atoms with Gasteiger partial charge in [-0.2, -0.15) is 0 Å². The highest BCUT2D eigenvalue weighted by molar-refractivity contribution is 5.75. The lowest BCUT2D eigenvalue weighted by Crippen LogP contribution is -2.48. The van der Waals surface area contributed by atoms with Gasteiger partial charge < -0.3 is 5.11 Å². The molecule has 3 nitrogen and oxygen atoms in total. The molecule has 2 fully saturated rings. The van der Waals surface area contributed by atoms with E-state index < -0.39 is 11.4 Å². The average Bonchev–Trinajstić information content (AvgIpc) is 2.92. The number of nitrogens with zero attached hydrogens (tertiary/aromatic N) is 1. The molecule has 0 atom stereocenters.